The maximum atomic E-state index is 8.90. The van der Waals surface area contributed by atoms with E-state index in [0.717, 1.165) is 24.9 Å². The molecule has 1 atom stereocenters. The van der Waals surface area contributed by atoms with Crippen LogP contribution in [0.4, 0.5) is 0 Å². The summed E-state index contributed by atoms with van der Waals surface area (Å²) in [4.78, 5) is 0. The van der Waals surface area contributed by atoms with Crippen LogP contribution in [0.2, 0.25) is 10.0 Å². The van der Waals surface area contributed by atoms with Crippen molar-refractivity contribution in [3.63, 3.8) is 0 Å². The zero-order valence-electron chi connectivity index (χ0n) is 11.8. The Labute approximate surface area is 126 Å². The zero-order chi connectivity index (χ0) is 14.5. The Morgan fingerprint density at radius 3 is 2.63 bits per heavy atom. The van der Waals surface area contributed by atoms with E-state index in [1.165, 1.54) is 0 Å². The lowest BCUT2D eigenvalue weighted by Gasteiger charge is -2.27. The van der Waals surface area contributed by atoms with Crippen LogP contribution in [-0.2, 0) is 0 Å². The van der Waals surface area contributed by atoms with E-state index in [0.29, 0.717) is 10.0 Å². The first kappa shape index (κ1) is 16.8. The van der Waals surface area contributed by atoms with Crippen molar-refractivity contribution in [2.75, 3.05) is 13.2 Å². The minimum atomic E-state index is 0.152. The van der Waals surface area contributed by atoms with Gasteiger partial charge < -0.3 is 10.4 Å². The Kier molecular flexibility index (Phi) is 6.61. The van der Waals surface area contributed by atoms with Gasteiger partial charge in [0.2, 0.25) is 0 Å². The molecule has 0 bridgehead atoms. The first-order valence-electron chi connectivity index (χ1n) is 6.65. The second kappa shape index (κ2) is 7.49. The Bertz CT molecular complexity index is 407. The lowest BCUT2D eigenvalue weighted by atomic mass is 9.87. The molecule has 2 N–H and O–H groups in total. The predicted octanol–water partition coefficient (Wildman–Crippen LogP) is 4.44. The number of hydrogen-bond donors (Lipinski definition) is 2. The van der Waals surface area contributed by atoms with Gasteiger partial charge in [-0.1, -0.05) is 49.2 Å². The van der Waals surface area contributed by atoms with Gasteiger partial charge in [0.15, 0.2) is 0 Å². The van der Waals surface area contributed by atoms with E-state index in [1.807, 2.05) is 12.1 Å². The van der Waals surface area contributed by atoms with Crippen molar-refractivity contribution in [3.8, 4) is 0 Å². The monoisotopic (exact) mass is 303 g/mol. The second-order valence-corrected chi connectivity index (χ2v) is 6.52. The van der Waals surface area contributed by atoms with Crippen molar-refractivity contribution in [2.24, 2.45) is 5.41 Å². The summed E-state index contributed by atoms with van der Waals surface area (Å²) in [6.07, 6.45) is 1.83. The molecule has 0 spiro atoms. The molecule has 0 heterocycles. The summed E-state index contributed by atoms with van der Waals surface area (Å²) in [7, 11) is 0. The van der Waals surface area contributed by atoms with E-state index in [1.54, 1.807) is 6.07 Å². The summed E-state index contributed by atoms with van der Waals surface area (Å²) in [5.74, 6) is 0. The van der Waals surface area contributed by atoms with Gasteiger partial charge in [0.05, 0.1) is 10.0 Å². The Hall–Kier alpha value is -0.280. The first-order valence-corrected chi connectivity index (χ1v) is 7.41. The molecule has 0 amide bonds. The highest BCUT2D eigenvalue weighted by Gasteiger charge is 2.19. The van der Waals surface area contributed by atoms with Gasteiger partial charge >= 0.3 is 0 Å². The summed E-state index contributed by atoms with van der Waals surface area (Å²) >= 11 is 12.2. The van der Waals surface area contributed by atoms with Crippen LogP contribution in [0.25, 0.3) is 0 Å². The highest BCUT2D eigenvalue weighted by molar-refractivity contribution is 6.42. The highest BCUT2D eigenvalue weighted by atomic mass is 35.5. The number of aliphatic hydroxyl groups is 1. The van der Waals surface area contributed by atoms with Crippen molar-refractivity contribution < 1.29 is 5.11 Å². The molecular weight excluding hydrogens is 281 g/mol. The topological polar surface area (TPSA) is 32.3 Å². The van der Waals surface area contributed by atoms with E-state index in [-0.39, 0.29) is 18.1 Å². The molecule has 108 valence electrons. The molecule has 0 aromatic heterocycles. The molecule has 1 aromatic carbocycles. The fourth-order valence-electron chi connectivity index (χ4n) is 2.04. The van der Waals surface area contributed by atoms with Gasteiger partial charge in [0.25, 0.3) is 0 Å². The van der Waals surface area contributed by atoms with Gasteiger partial charge in [-0.15, -0.1) is 0 Å². The maximum absolute atomic E-state index is 8.90. The van der Waals surface area contributed by atoms with Gasteiger partial charge in [-0.3, -0.25) is 0 Å². The Morgan fingerprint density at radius 1 is 1.32 bits per heavy atom. The SMILES string of the molecule is CC(NCC(C)(C)CCCO)c1cccc(Cl)c1Cl. The van der Waals surface area contributed by atoms with Gasteiger partial charge in [-0.05, 0) is 36.8 Å². The fraction of sp³-hybridized carbons (Fsp3) is 0.600. The van der Waals surface area contributed by atoms with Crippen LogP contribution in [0.15, 0.2) is 18.2 Å². The van der Waals surface area contributed by atoms with Crippen LogP contribution in [0, 0.1) is 5.41 Å². The molecule has 0 saturated carbocycles. The van der Waals surface area contributed by atoms with E-state index in [4.69, 9.17) is 28.3 Å². The first-order chi connectivity index (χ1) is 8.87. The van der Waals surface area contributed by atoms with Crippen LogP contribution < -0.4 is 5.32 Å². The van der Waals surface area contributed by atoms with Crippen LogP contribution >= 0.6 is 23.2 Å². The molecule has 0 aliphatic rings. The minimum Gasteiger partial charge on any atom is -0.396 e. The van der Waals surface area contributed by atoms with Crippen molar-refractivity contribution in [2.45, 2.75) is 39.7 Å². The van der Waals surface area contributed by atoms with Gasteiger partial charge in [0, 0.05) is 19.2 Å². The lowest BCUT2D eigenvalue weighted by molar-refractivity contribution is 0.233. The standard InChI is InChI=1S/C15H23Cl2NO/c1-11(12-6-4-7-13(16)14(12)17)18-10-15(2,3)8-5-9-19/h4,6-7,11,18-19H,5,8-10H2,1-3H3. The van der Waals surface area contributed by atoms with Crippen molar-refractivity contribution in [1.29, 1.82) is 0 Å². The molecule has 2 nitrogen and oxygen atoms in total. The molecule has 1 aromatic rings. The number of nitrogens with one attached hydrogen (secondary N) is 1. The van der Waals surface area contributed by atoms with Crippen LogP contribution in [0.3, 0.4) is 0 Å². The van der Waals surface area contributed by atoms with Gasteiger partial charge in [-0.2, -0.15) is 0 Å². The van der Waals surface area contributed by atoms with E-state index in [9.17, 15) is 0 Å². The van der Waals surface area contributed by atoms with Crippen LogP contribution in [-0.4, -0.2) is 18.3 Å². The molecule has 1 unspecified atom stereocenters. The van der Waals surface area contributed by atoms with E-state index < -0.39 is 0 Å². The lowest BCUT2D eigenvalue weighted by Crippen LogP contribution is -2.31. The van der Waals surface area contributed by atoms with Crippen LogP contribution in [0.1, 0.15) is 45.2 Å². The number of halogens is 2. The maximum Gasteiger partial charge on any atom is 0.0639 e. The molecule has 0 saturated heterocycles. The molecule has 0 aliphatic carbocycles. The van der Waals surface area contributed by atoms with Crippen molar-refractivity contribution >= 4 is 23.2 Å². The third kappa shape index (κ3) is 5.31. The molecule has 19 heavy (non-hydrogen) atoms. The quantitative estimate of drug-likeness (QED) is 0.780. The fourth-order valence-corrected chi connectivity index (χ4v) is 2.51. The van der Waals surface area contributed by atoms with Crippen molar-refractivity contribution in [1.82, 2.24) is 5.32 Å². The largest absolute Gasteiger partial charge is 0.396 e. The molecule has 4 heteroatoms. The molecular formula is C15H23Cl2NO. The normalized spacial score (nSPS) is 13.6. The van der Waals surface area contributed by atoms with Crippen LogP contribution in [0.5, 0.6) is 0 Å². The average Bonchev–Trinajstić information content (AvgIpc) is 2.37. The summed E-state index contributed by atoms with van der Waals surface area (Å²) < 4.78 is 0. The van der Waals surface area contributed by atoms with Gasteiger partial charge in [0.1, 0.15) is 0 Å². The predicted molar refractivity (Wildman–Crippen MR) is 83.0 cm³/mol. The molecule has 0 radical (unpaired) electrons. The number of aliphatic hydroxyl groups excluding tert-OH is 1. The van der Waals surface area contributed by atoms with Gasteiger partial charge in [-0.25, -0.2) is 0 Å². The molecule has 0 aliphatic heterocycles. The third-order valence-electron chi connectivity index (χ3n) is 3.35. The third-order valence-corrected chi connectivity index (χ3v) is 4.18. The molecule has 1 rings (SSSR count). The average molecular weight is 304 g/mol. The van der Waals surface area contributed by atoms with E-state index >= 15 is 0 Å². The Balaban J connectivity index is 2.60. The summed E-state index contributed by atoms with van der Waals surface area (Å²) in [6, 6.07) is 5.86. The van der Waals surface area contributed by atoms with E-state index in [2.05, 4.69) is 26.1 Å². The molecule has 0 fully saturated rings. The smallest absolute Gasteiger partial charge is 0.0639 e. The summed E-state index contributed by atoms with van der Waals surface area (Å²) in [5.41, 5.74) is 1.18. The summed E-state index contributed by atoms with van der Waals surface area (Å²) in [6.45, 7) is 7.60. The van der Waals surface area contributed by atoms with Crippen molar-refractivity contribution in [3.05, 3.63) is 33.8 Å². The number of benzene rings is 1. The minimum absolute atomic E-state index is 0.152. The number of rotatable bonds is 7. The summed E-state index contributed by atoms with van der Waals surface area (Å²) in [5, 5.41) is 13.6. The number of hydrogen-bond acceptors (Lipinski definition) is 2. The second-order valence-electron chi connectivity index (χ2n) is 5.74. The highest BCUT2D eigenvalue weighted by Crippen LogP contribution is 2.30. The zero-order valence-corrected chi connectivity index (χ0v) is 13.4. The Morgan fingerprint density at radius 2 is 2.00 bits per heavy atom.